The van der Waals surface area contributed by atoms with Crippen LogP contribution in [0.5, 0.6) is 17.2 Å². The van der Waals surface area contributed by atoms with E-state index in [9.17, 15) is 0 Å². The Balaban J connectivity index is 1.42. The number of fused-ring (bicyclic) bond motifs is 3. The number of ether oxygens (including phenoxy) is 3. The average molecular weight is 491 g/mol. The van der Waals surface area contributed by atoms with Gasteiger partial charge < -0.3 is 14.2 Å². The summed E-state index contributed by atoms with van der Waals surface area (Å²) in [4.78, 5) is 0. The van der Waals surface area contributed by atoms with Crippen LogP contribution in [0, 0.1) is 0 Å². The van der Waals surface area contributed by atoms with Crippen LogP contribution in [0.3, 0.4) is 0 Å². The van der Waals surface area contributed by atoms with Crippen LogP contribution in [-0.2, 0) is 0 Å². The maximum Gasteiger partial charge on any atom is 0.213 e. The fraction of sp³-hybridized carbons (Fsp3) is 0.345. The van der Waals surface area contributed by atoms with Gasteiger partial charge in [-0.05, 0) is 85.6 Å². The molecule has 3 aromatic rings. The summed E-state index contributed by atoms with van der Waals surface area (Å²) in [7, 11) is 0. The Kier molecular flexibility index (Phi) is 7.14. The second-order valence-corrected chi connectivity index (χ2v) is 9.32. The first-order valence-electron chi connectivity index (χ1n) is 12.4. The number of hydrogen-bond donors (Lipinski definition) is 0. The van der Waals surface area contributed by atoms with Gasteiger partial charge in [0.05, 0.1) is 25.0 Å². The van der Waals surface area contributed by atoms with Gasteiger partial charge in [-0.15, -0.1) is 0 Å². The molecule has 0 radical (unpaired) electrons. The molecule has 0 aromatic heterocycles. The van der Waals surface area contributed by atoms with Crippen molar-refractivity contribution in [1.29, 1.82) is 0 Å². The van der Waals surface area contributed by atoms with Gasteiger partial charge in [0.1, 0.15) is 17.2 Å². The summed E-state index contributed by atoms with van der Waals surface area (Å²) in [5.41, 5.74) is 4.21. The molecule has 2 heterocycles. The Bertz CT molecular complexity index is 1180. The lowest BCUT2D eigenvalue weighted by atomic mass is 9.96. The highest BCUT2D eigenvalue weighted by atomic mass is 35.5. The Labute approximate surface area is 212 Å². The molecule has 0 aliphatic carbocycles. The highest BCUT2D eigenvalue weighted by Gasteiger charge is 2.41. The molecular weight excluding hydrogens is 460 g/mol. The second-order valence-electron chi connectivity index (χ2n) is 8.88. The lowest BCUT2D eigenvalue weighted by Crippen LogP contribution is -2.33. The SMILES string of the molecule is CCCCCOc1ccc([C@@H]2Oc3ccc(Cl)cc3[C@@H]3CC(c4ccc(OCC)cc4)=NN32)cc1. The van der Waals surface area contributed by atoms with Gasteiger partial charge in [0.15, 0.2) is 0 Å². The summed E-state index contributed by atoms with van der Waals surface area (Å²) in [6.07, 6.45) is 3.89. The Morgan fingerprint density at radius 2 is 1.69 bits per heavy atom. The summed E-state index contributed by atoms with van der Waals surface area (Å²) in [5, 5.41) is 7.81. The smallest absolute Gasteiger partial charge is 0.213 e. The summed E-state index contributed by atoms with van der Waals surface area (Å²) in [6, 6.07) is 22.2. The predicted molar refractivity (Wildman–Crippen MR) is 140 cm³/mol. The molecule has 2 aliphatic rings. The third-order valence-electron chi connectivity index (χ3n) is 6.43. The van der Waals surface area contributed by atoms with E-state index < -0.39 is 0 Å². The van der Waals surface area contributed by atoms with E-state index in [-0.39, 0.29) is 12.3 Å². The van der Waals surface area contributed by atoms with Crippen LogP contribution in [0.4, 0.5) is 0 Å². The minimum Gasteiger partial charge on any atom is -0.494 e. The van der Waals surface area contributed by atoms with Crippen LogP contribution in [0.2, 0.25) is 5.02 Å². The van der Waals surface area contributed by atoms with Crippen molar-refractivity contribution in [3.05, 3.63) is 88.4 Å². The monoisotopic (exact) mass is 490 g/mol. The van der Waals surface area contributed by atoms with Crippen molar-refractivity contribution < 1.29 is 14.2 Å². The van der Waals surface area contributed by atoms with E-state index in [1.54, 1.807) is 0 Å². The summed E-state index contributed by atoms with van der Waals surface area (Å²) < 4.78 is 18.0. The van der Waals surface area contributed by atoms with Crippen LogP contribution >= 0.6 is 11.6 Å². The molecule has 5 nitrogen and oxygen atoms in total. The van der Waals surface area contributed by atoms with Crippen molar-refractivity contribution in [3.8, 4) is 17.2 Å². The number of benzene rings is 3. The van der Waals surface area contributed by atoms with Crippen molar-refractivity contribution in [2.75, 3.05) is 13.2 Å². The highest BCUT2D eigenvalue weighted by Crippen LogP contribution is 2.48. The molecule has 2 aliphatic heterocycles. The van der Waals surface area contributed by atoms with E-state index in [1.807, 2.05) is 49.4 Å². The molecule has 3 aromatic carbocycles. The van der Waals surface area contributed by atoms with Gasteiger partial charge >= 0.3 is 0 Å². The molecule has 0 amide bonds. The maximum absolute atomic E-state index is 6.47. The lowest BCUT2D eigenvalue weighted by molar-refractivity contribution is -0.0190. The Morgan fingerprint density at radius 3 is 2.43 bits per heavy atom. The van der Waals surface area contributed by atoms with Crippen molar-refractivity contribution >= 4 is 17.3 Å². The van der Waals surface area contributed by atoms with E-state index >= 15 is 0 Å². The first-order valence-corrected chi connectivity index (χ1v) is 12.8. The predicted octanol–water partition coefficient (Wildman–Crippen LogP) is 7.55. The molecule has 5 rings (SSSR count). The third-order valence-corrected chi connectivity index (χ3v) is 6.67. The summed E-state index contributed by atoms with van der Waals surface area (Å²) >= 11 is 6.36. The standard InChI is InChI=1S/C29H31ClN2O3/c1-3-5-6-17-34-24-14-9-21(10-15-24)29-32-27(25-18-22(30)11-16-28(25)35-29)19-26(31-32)20-7-12-23(13-8-20)33-4-2/h7-16,18,27,29H,3-6,17,19H2,1-2H3/t27-,29-/m0/s1. The first kappa shape index (κ1) is 23.6. The average Bonchev–Trinajstić information content (AvgIpc) is 3.33. The van der Waals surface area contributed by atoms with Crippen LogP contribution in [0.1, 0.15) is 68.5 Å². The number of unbranched alkanes of at least 4 members (excludes halogenated alkanes) is 2. The molecule has 0 bridgehead atoms. The Morgan fingerprint density at radius 1 is 0.943 bits per heavy atom. The molecule has 6 heteroatoms. The van der Waals surface area contributed by atoms with E-state index in [0.717, 1.165) is 59.1 Å². The largest absolute Gasteiger partial charge is 0.494 e. The molecule has 182 valence electrons. The van der Waals surface area contributed by atoms with Gasteiger partial charge in [0.2, 0.25) is 6.23 Å². The molecule has 0 spiro atoms. The van der Waals surface area contributed by atoms with E-state index in [4.69, 9.17) is 30.9 Å². The Hall–Kier alpha value is -3.18. The summed E-state index contributed by atoms with van der Waals surface area (Å²) in [6.45, 7) is 5.57. The first-order chi connectivity index (χ1) is 17.2. The lowest BCUT2D eigenvalue weighted by Gasteiger charge is -2.38. The number of hydrazone groups is 1. The fourth-order valence-corrected chi connectivity index (χ4v) is 4.81. The zero-order valence-corrected chi connectivity index (χ0v) is 21.0. The van der Waals surface area contributed by atoms with Crippen LogP contribution in [0.25, 0.3) is 0 Å². The maximum atomic E-state index is 6.47. The molecule has 0 fully saturated rings. The van der Waals surface area contributed by atoms with Crippen LogP contribution in [-0.4, -0.2) is 23.9 Å². The molecule has 0 N–H and O–H groups in total. The minimum atomic E-state index is -0.331. The normalized spacial score (nSPS) is 18.4. The van der Waals surface area contributed by atoms with Gasteiger partial charge in [-0.2, -0.15) is 5.10 Å². The van der Waals surface area contributed by atoms with Gasteiger partial charge in [0.25, 0.3) is 0 Å². The van der Waals surface area contributed by atoms with Crippen LogP contribution in [0.15, 0.2) is 71.8 Å². The third kappa shape index (κ3) is 5.10. The van der Waals surface area contributed by atoms with Gasteiger partial charge in [-0.3, -0.25) is 0 Å². The molecule has 35 heavy (non-hydrogen) atoms. The minimum absolute atomic E-state index is 0.0500. The highest BCUT2D eigenvalue weighted by molar-refractivity contribution is 6.30. The second kappa shape index (κ2) is 10.6. The zero-order valence-electron chi connectivity index (χ0n) is 20.2. The van der Waals surface area contributed by atoms with Gasteiger partial charge in [0, 0.05) is 22.6 Å². The fourth-order valence-electron chi connectivity index (χ4n) is 4.63. The van der Waals surface area contributed by atoms with E-state index in [1.165, 1.54) is 12.8 Å². The van der Waals surface area contributed by atoms with Crippen molar-refractivity contribution in [2.24, 2.45) is 5.10 Å². The van der Waals surface area contributed by atoms with Crippen LogP contribution < -0.4 is 14.2 Å². The topological polar surface area (TPSA) is 43.3 Å². The molecule has 0 saturated heterocycles. The van der Waals surface area contributed by atoms with E-state index in [0.29, 0.717) is 11.6 Å². The van der Waals surface area contributed by atoms with Crippen molar-refractivity contribution in [3.63, 3.8) is 0 Å². The number of halogens is 1. The number of hydrogen-bond acceptors (Lipinski definition) is 5. The molecule has 0 unspecified atom stereocenters. The molecule has 0 saturated carbocycles. The van der Waals surface area contributed by atoms with E-state index in [2.05, 4.69) is 36.2 Å². The summed E-state index contributed by atoms with van der Waals surface area (Å²) in [5.74, 6) is 2.59. The van der Waals surface area contributed by atoms with Gasteiger partial charge in [-0.1, -0.05) is 31.4 Å². The molecular formula is C29H31ClN2O3. The van der Waals surface area contributed by atoms with Crippen molar-refractivity contribution in [2.45, 2.75) is 51.8 Å². The number of nitrogens with zero attached hydrogens (tertiary/aromatic N) is 2. The van der Waals surface area contributed by atoms with Gasteiger partial charge in [-0.25, -0.2) is 5.01 Å². The number of rotatable bonds is 9. The quantitative estimate of drug-likeness (QED) is 0.290. The zero-order chi connectivity index (χ0) is 24.2. The molecule has 2 atom stereocenters. The van der Waals surface area contributed by atoms with Crippen molar-refractivity contribution in [1.82, 2.24) is 5.01 Å².